The molecule has 6 heteroatoms. The van der Waals surface area contributed by atoms with Crippen molar-refractivity contribution in [2.75, 3.05) is 6.61 Å². The van der Waals surface area contributed by atoms with Crippen molar-refractivity contribution in [1.82, 2.24) is 5.32 Å². The molecular formula is C59H107NO5. The molecule has 0 saturated carbocycles. The van der Waals surface area contributed by atoms with Gasteiger partial charge in [0.15, 0.2) is 0 Å². The third kappa shape index (κ3) is 47.8. The number of nitrogens with one attached hydrogen (secondary N) is 1. The van der Waals surface area contributed by atoms with Gasteiger partial charge in [-0.15, -0.1) is 0 Å². The van der Waals surface area contributed by atoms with Gasteiger partial charge in [-0.25, -0.2) is 0 Å². The highest BCUT2D eigenvalue weighted by atomic mass is 16.5. The van der Waals surface area contributed by atoms with Crippen molar-refractivity contribution in [3.05, 3.63) is 60.8 Å². The number of aliphatic hydroxyl groups is 2. The molecule has 3 unspecified atom stereocenters. The zero-order valence-electron chi connectivity index (χ0n) is 43.1. The van der Waals surface area contributed by atoms with Crippen LogP contribution in [0, 0.1) is 0 Å². The highest BCUT2D eigenvalue weighted by Crippen LogP contribution is 2.17. The number of amides is 1. The Balaban J connectivity index is 4.61. The number of aliphatic hydroxyl groups excluding tert-OH is 2. The highest BCUT2D eigenvalue weighted by molar-refractivity contribution is 5.77. The molecule has 0 aromatic heterocycles. The molecule has 0 aromatic rings. The minimum absolute atomic E-state index is 0.0364. The molecule has 0 aromatic carbocycles. The normalized spacial score (nSPS) is 13.6. The minimum atomic E-state index is -0.805. The lowest BCUT2D eigenvalue weighted by Crippen LogP contribution is -2.46. The Morgan fingerprint density at radius 2 is 0.846 bits per heavy atom. The molecule has 378 valence electrons. The first-order valence-electron chi connectivity index (χ1n) is 28.0. The van der Waals surface area contributed by atoms with Gasteiger partial charge in [0.05, 0.1) is 25.2 Å². The zero-order chi connectivity index (χ0) is 47.4. The maximum absolute atomic E-state index is 13.2. The number of unbranched alkanes of at least 4 members (excludes halogenated alkanes) is 28. The lowest BCUT2D eigenvalue weighted by atomic mass is 10.0. The summed E-state index contributed by atoms with van der Waals surface area (Å²) in [5.74, 6) is -0.533. The van der Waals surface area contributed by atoms with Crippen LogP contribution in [0.3, 0.4) is 0 Å². The lowest BCUT2D eigenvalue weighted by Gasteiger charge is -2.24. The molecule has 0 heterocycles. The van der Waals surface area contributed by atoms with Crippen LogP contribution in [-0.2, 0) is 14.3 Å². The SMILES string of the molecule is CC/C=C/C/C=C/C/C=C/C/C=C/CCCC(CC(=O)NC(CO)C(O)CCCCCCCCCCCCCCCCCC)OC(=O)CCCCCCC/C=C/CCCCCCCCC. The van der Waals surface area contributed by atoms with E-state index in [1.807, 2.05) is 0 Å². The summed E-state index contributed by atoms with van der Waals surface area (Å²) in [6.07, 6.45) is 65.7. The van der Waals surface area contributed by atoms with Gasteiger partial charge in [0, 0.05) is 6.42 Å². The number of carbonyl (C=O) groups is 2. The summed E-state index contributed by atoms with van der Waals surface area (Å²) in [4.78, 5) is 26.2. The second kappa shape index (κ2) is 52.5. The van der Waals surface area contributed by atoms with Gasteiger partial charge >= 0.3 is 5.97 Å². The van der Waals surface area contributed by atoms with Gasteiger partial charge in [-0.05, 0) is 83.5 Å². The third-order valence-corrected chi connectivity index (χ3v) is 12.6. The van der Waals surface area contributed by atoms with Crippen LogP contribution >= 0.6 is 0 Å². The van der Waals surface area contributed by atoms with Crippen molar-refractivity contribution in [3.8, 4) is 0 Å². The number of allylic oxidation sites excluding steroid dienone is 10. The van der Waals surface area contributed by atoms with E-state index in [1.165, 1.54) is 148 Å². The molecule has 0 saturated heterocycles. The molecule has 3 N–H and O–H groups in total. The zero-order valence-corrected chi connectivity index (χ0v) is 43.1. The summed E-state index contributed by atoms with van der Waals surface area (Å²) in [6, 6.07) is -0.722. The van der Waals surface area contributed by atoms with Crippen molar-refractivity contribution >= 4 is 11.9 Å². The van der Waals surface area contributed by atoms with E-state index < -0.39 is 18.2 Å². The van der Waals surface area contributed by atoms with Gasteiger partial charge < -0.3 is 20.3 Å². The van der Waals surface area contributed by atoms with E-state index in [2.05, 4.69) is 86.8 Å². The maximum atomic E-state index is 13.2. The first-order chi connectivity index (χ1) is 32.0. The highest BCUT2D eigenvalue weighted by Gasteiger charge is 2.24. The summed E-state index contributed by atoms with van der Waals surface area (Å²) in [5, 5.41) is 23.8. The Bertz CT molecular complexity index is 1160. The van der Waals surface area contributed by atoms with Crippen LogP contribution in [0.5, 0.6) is 0 Å². The number of carbonyl (C=O) groups excluding carboxylic acids is 2. The quantitative estimate of drug-likeness (QED) is 0.0321. The number of hydrogen-bond acceptors (Lipinski definition) is 5. The van der Waals surface area contributed by atoms with Crippen LogP contribution in [0.25, 0.3) is 0 Å². The molecule has 65 heavy (non-hydrogen) atoms. The molecule has 0 aliphatic heterocycles. The molecule has 0 radical (unpaired) electrons. The predicted molar refractivity (Wildman–Crippen MR) is 282 cm³/mol. The predicted octanol–water partition coefficient (Wildman–Crippen LogP) is 17.2. The Labute approximate surface area is 403 Å². The molecule has 0 aliphatic carbocycles. The van der Waals surface area contributed by atoms with Crippen LogP contribution in [-0.4, -0.2) is 46.9 Å². The second-order valence-electron chi connectivity index (χ2n) is 19.0. The van der Waals surface area contributed by atoms with Gasteiger partial charge in [0.1, 0.15) is 6.10 Å². The molecule has 0 rings (SSSR count). The smallest absolute Gasteiger partial charge is 0.306 e. The third-order valence-electron chi connectivity index (χ3n) is 12.6. The van der Waals surface area contributed by atoms with E-state index in [0.717, 1.165) is 83.5 Å². The Morgan fingerprint density at radius 3 is 1.31 bits per heavy atom. The fourth-order valence-corrected chi connectivity index (χ4v) is 8.36. The topological polar surface area (TPSA) is 95.9 Å². The van der Waals surface area contributed by atoms with Crippen molar-refractivity contribution in [1.29, 1.82) is 0 Å². The minimum Gasteiger partial charge on any atom is -0.462 e. The van der Waals surface area contributed by atoms with Gasteiger partial charge in [0.2, 0.25) is 5.91 Å². The number of hydrogen-bond donors (Lipinski definition) is 3. The van der Waals surface area contributed by atoms with Gasteiger partial charge in [-0.2, -0.15) is 0 Å². The van der Waals surface area contributed by atoms with E-state index in [-0.39, 0.29) is 24.9 Å². The molecule has 0 bridgehead atoms. The fourth-order valence-electron chi connectivity index (χ4n) is 8.36. The number of ether oxygens (including phenoxy) is 1. The molecule has 3 atom stereocenters. The van der Waals surface area contributed by atoms with Crippen molar-refractivity contribution in [2.24, 2.45) is 0 Å². The number of rotatable bonds is 50. The van der Waals surface area contributed by atoms with Crippen LogP contribution in [0.1, 0.15) is 278 Å². The Kier molecular flexibility index (Phi) is 50.6. The first kappa shape index (κ1) is 62.6. The van der Waals surface area contributed by atoms with Crippen molar-refractivity contribution in [3.63, 3.8) is 0 Å². The van der Waals surface area contributed by atoms with Crippen molar-refractivity contribution < 1.29 is 24.5 Å². The lowest BCUT2D eigenvalue weighted by molar-refractivity contribution is -0.151. The van der Waals surface area contributed by atoms with E-state index >= 15 is 0 Å². The summed E-state index contributed by atoms with van der Waals surface area (Å²) >= 11 is 0. The standard InChI is InChI=1S/C59H107NO5/c1-4-7-10-13-16-19-22-25-28-30-33-36-39-42-45-48-51-57(62)56(54-61)60-58(63)53-55(50-47-44-41-38-35-32-27-24-21-18-15-12-9-6-3)65-59(64)52-49-46-43-40-37-34-31-29-26-23-20-17-14-11-8-5-2/h9,12,18,21,27,29,31-32,38,41,55-57,61-62H,4-8,10-11,13-17,19-20,22-26,28,30,33-37,39-40,42-54H2,1-3H3,(H,60,63)/b12-9+,21-18+,31-29+,32-27+,41-38+. The maximum Gasteiger partial charge on any atom is 0.306 e. The van der Waals surface area contributed by atoms with Crippen LogP contribution in [0.4, 0.5) is 0 Å². The Morgan fingerprint density at radius 1 is 0.462 bits per heavy atom. The van der Waals surface area contributed by atoms with Gasteiger partial charge in [-0.1, -0.05) is 242 Å². The molecule has 6 nitrogen and oxygen atoms in total. The average Bonchev–Trinajstić information content (AvgIpc) is 3.30. The summed E-state index contributed by atoms with van der Waals surface area (Å²) in [7, 11) is 0. The monoisotopic (exact) mass is 910 g/mol. The average molecular weight is 911 g/mol. The number of esters is 1. The summed E-state index contributed by atoms with van der Waals surface area (Å²) in [6.45, 7) is 6.37. The van der Waals surface area contributed by atoms with E-state index in [0.29, 0.717) is 19.3 Å². The molecular weight excluding hydrogens is 803 g/mol. The van der Waals surface area contributed by atoms with Crippen LogP contribution in [0.2, 0.25) is 0 Å². The van der Waals surface area contributed by atoms with Crippen molar-refractivity contribution in [2.45, 2.75) is 296 Å². The van der Waals surface area contributed by atoms with E-state index in [4.69, 9.17) is 4.74 Å². The summed E-state index contributed by atoms with van der Waals surface area (Å²) in [5.41, 5.74) is 0. The fraction of sp³-hybridized carbons (Fsp3) is 0.797. The summed E-state index contributed by atoms with van der Waals surface area (Å²) < 4.78 is 5.92. The van der Waals surface area contributed by atoms with Gasteiger partial charge in [0.25, 0.3) is 0 Å². The van der Waals surface area contributed by atoms with Crippen LogP contribution in [0.15, 0.2) is 60.8 Å². The molecule has 0 aliphatic rings. The van der Waals surface area contributed by atoms with E-state index in [1.54, 1.807) is 0 Å². The first-order valence-corrected chi connectivity index (χ1v) is 28.0. The van der Waals surface area contributed by atoms with Gasteiger partial charge in [-0.3, -0.25) is 9.59 Å². The molecule has 0 fully saturated rings. The second-order valence-corrected chi connectivity index (χ2v) is 19.0. The molecule has 0 spiro atoms. The van der Waals surface area contributed by atoms with E-state index in [9.17, 15) is 19.8 Å². The Hall–Kier alpha value is -2.44. The largest absolute Gasteiger partial charge is 0.462 e. The van der Waals surface area contributed by atoms with Crippen LogP contribution < -0.4 is 5.32 Å². The molecule has 1 amide bonds.